The summed E-state index contributed by atoms with van der Waals surface area (Å²) in [5, 5.41) is 9.76. The highest BCUT2D eigenvalue weighted by Gasteiger charge is 2.43. The van der Waals surface area contributed by atoms with Crippen molar-refractivity contribution in [3.63, 3.8) is 0 Å². The Hall–Kier alpha value is -2.55. The van der Waals surface area contributed by atoms with Crippen LogP contribution in [0.5, 0.6) is 0 Å². The van der Waals surface area contributed by atoms with Crippen LogP contribution in [0.25, 0.3) is 6.08 Å². The highest BCUT2D eigenvalue weighted by Crippen LogP contribution is 2.30. The van der Waals surface area contributed by atoms with Gasteiger partial charge in [-0.3, -0.25) is 4.79 Å². The van der Waals surface area contributed by atoms with E-state index in [9.17, 15) is 18.3 Å². The van der Waals surface area contributed by atoms with Crippen molar-refractivity contribution < 1.29 is 18.3 Å². The summed E-state index contributed by atoms with van der Waals surface area (Å²) in [6.45, 7) is 3.00. The van der Waals surface area contributed by atoms with E-state index >= 15 is 0 Å². The van der Waals surface area contributed by atoms with Crippen LogP contribution in [0.3, 0.4) is 0 Å². The number of sulfonamides is 1. The summed E-state index contributed by atoms with van der Waals surface area (Å²) in [5.74, 6) is -1.91. The number of thiol groups is 1. The number of aliphatic carboxylic acids is 1. The number of nitrogens with two attached hydrogens (primary N) is 1. The Balaban J connectivity index is 2.26. The minimum Gasteiger partial charge on any atom is -0.480 e. The van der Waals surface area contributed by atoms with E-state index in [-0.39, 0.29) is 4.24 Å². The molecule has 2 atom stereocenters. The Morgan fingerprint density at radius 2 is 1.86 bits per heavy atom. The molecule has 2 aromatic rings. The van der Waals surface area contributed by atoms with Crippen molar-refractivity contribution in [2.75, 3.05) is 5.73 Å². The monoisotopic (exact) mass is 432 g/mol. The SMILES string of the molecule is CC(c1ccccc1)[C@](C)(NS(=O)(=O)/C(S)=C/C=C/c1cccc(N)c1)C(=O)O. The Kier molecular flexibility index (Phi) is 7.29. The zero-order chi connectivity index (χ0) is 21.7. The molecule has 0 spiro atoms. The maximum Gasteiger partial charge on any atom is 0.325 e. The molecule has 8 heteroatoms. The molecular weight excluding hydrogens is 408 g/mol. The molecule has 0 aliphatic carbocycles. The van der Waals surface area contributed by atoms with E-state index in [0.29, 0.717) is 11.3 Å². The number of allylic oxidation sites excluding steroid dienone is 2. The van der Waals surface area contributed by atoms with Gasteiger partial charge in [0.25, 0.3) is 0 Å². The van der Waals surface area contributed by atoms with Crippen molar-refractivity contribution in [2.45, 2.75) is 25.3 Å². The van der Waals surface area contributed by atoms with E-state index in [0.717, 1.165) is 5.56 Å². The van der Waals surface area contributed by atoms with Gasteiger partial charge in [-0.25, -0.2) is 8.42 Å². The van der Waals surface area contributed by atoms with E-state index < -0.39 is 27.4 Å². The first-order valence-electron chi connectivity index (χ1n) is 8.81. The molecule has 154 valence electrons. The lowest BCUT2D eigenvalue weighted by Gasteiger charge is -2.32. The van der Waals surface area contributed by atoms with Gasteiger partial charge >= 0.3 is 5.97 Å². The molecule has 2 rings (SSSR count). The maximum atomic E-state index is 12.7. The van der Waals surface area contributed by atoms with Crippen molar-refractivity contribution in [3.8, 4) is 0 Å². The zero-order valence-corrected chi connectivity index (χ0v) is 17.8. The van der Waals surface area contributed by atoms with Gasteiger partial charge in [-0.1, -0.05) is 61.5 Å². The number of hydrogen-bond acceptors (Lipinski definition) is 5. The third-order valence-corrected chi connectivity index (χ3v) is 6.92. The molecule has 1 unspecified atom stereocenters. The molecule has 0 saturated heterocycles. The number of carboxylic acid groups (broad SMARTS) is 1. The minimum absolute atomic E-state index is 0.301. The summed E-state index contributed by atoms with van der Waals surface area (Å²) in [6, 6.07) is 15.9. The molecule has 0 aromatic heterocycles. The van der Waals surface area contributed by atoms with Gasteiger partial charge in [-0.05, 0) is 36.3 Å². The fraction of sp³-hybridized carbons (Fsp3) is 0.190. The lowest BCUT2D eigenvalue weighted by Crippen LogP contribution is -2.55. The van der Waals surface area contributed by atoms with Crippen LogP contribution in [0.4, 0.5) is 5.69 Å². The van der Waals surface area contributed by atoms with Gasteiger partial charge in [0, 0.05) is 11.6 Å². The highest BCUT2D eigenvalue weighted by molar-refractivity contribution is 8.09. The van der Waals surface area contributed by atoms with Crippen molar-refractivity contribution in [1.82, 2.24) is 4.72 Å². The molecule has 0 aliphatic heterocycles. The van der Waals surface area contributed by atoms with Gasteiger partial charge in [0.05, 0.1) is 0 Å². The third-order valence-electron chi connectivity index (χ3n) is 4.67. The Bertz CT molecular complexity index is 1030. The smallest absolute Gasteiger partial charge is 0.325 e. The second kappa shape index (κ2) is 9.30. The van der Waals surface area contributed by atoms with Crippen LogP contribution in [0, 0.1) is 0 Å². The van der Waals surface area contributed by atoms with Crippen LogP contribution in [-0.4, -0.2) is 25.0 Å². The van der Waals surface area contributed by atoms with E-state index in [1.165, 1.54) is 19.1 Å². The highest BCUT2D eigenvalue weighted by atomic mass is 32.3. The molecule has 4 N–H and O–H groups in total. The van der Waals surface area contributed by atoms with Gasteiger partial charge in [-0.2, -0.15) is 4.72 Å². The van der Waals surface area contributed by atoms with Crippen molar-refractivity contribution >= 4 is 40.4 Å². The van der Waals surface area contributed by atoms with Crippen LogP contribution < -0.4 is 10.5 Å². The average molecular weight is 433 g/mol. The standard InChI is InChI=1S/C21H24N2O4S2/c1-15(17-10-4-3-5-11-17)21(2,20(24)25)23-29(26,27)19(28)13-7-9-16-8-6-12-18(22)14-16/h3-15,23,28H,22H2,1-2H3,(H,24,25)/b9-7+,19-13+/t15?,21-/m0/s1. The molecule has 6 nitrogen and oxygen atoms in total. The average Bonchev–Trinajstić information content (AvgIpc) is 2.67. The maximum absolute atomic E-state index is 12.7. The van der Waals surface area contributed by atoms with Crippen LogP contribution in [0.2, 0.25) is 0 Å². The number of nitrogen functional groups attached to an aromatic ring is 1. The topological polar surface area (TPSA) is 109 Å². The first-order valence-corrected chi connectivity index (χ1v) is 10.7. The lowest BCUT2D eigenvalue weighted by atomic mass is 9.83. The van der Waals surface area contributed by atoms with Gasteiger partial charge in [0.15, 0.2) is 0 Å². The normalized spacial score (nSPS) is 15.8. The van der Waals surface area contributed by atoms with Crippen LogP contribution in [-0.2, 0) is 14.8 Å². The largest absolute Gasteiger partial charge is 0.480 e. The molecule has 0 aliphatic rings. The molecule has 0 bridgehead atoms. The molecule has 0 fully saturated rings. The van der Waals surface area contributed by atoms with E-state index in [4.69, 9.17) is 5.73 Å². The summed E-state index contributed by atoms with van der Waals surface area (Å²) < 4.78 is 27.4. The first-order chi connectivity index (χ1) is 13.6. The Labute approximate surface area is 176 Å². The molecule has 29 heavy (non-hydrogen) atoms. The molecule has 0 saturated carbocycles. The number of hydrogen-bond donors (Lipinski definition) is 4. The number of benzene rings is 2. The number of carboxylic acids is 1. The molecule has 2 aromatic carbocycles. The van der Waals surface area contributed by atoms with Crippen molar-refractivity contribution in [1.29, 1.82) is 0 Å². The van der Waals surface area contributed by atoms with Crippen molar-refractivity contribution in [2.24, 2.45) is 0 Å². The van der Waals surface area contributed by atoms with Gasteiger partial charge < -0.3 is 10.8 Å². The second-order valence-electron chi connectivity index (χ2n) is 6.78. The predicted octanol–water partition coefficient (Wildman–Crippen LogP) is 3.62. The van der Waals surface area contributed by atoms with Crippen LogP contribution in [0.15, 0.2) is 71.0 Å². The lowest BCUT2D eigenvalue weighted by molar-refractivity contribution is -0.144. The summed E-state index contributed by atoms with van der Waals surface area (Å²) in [6.07, 6.45) is 4.46. The van der Waals surface area contributed by atoms with Crippen molar-refractivity contribution in [3.05, 3.63) is 82.1 Å². The van der Waals surface area contributed by atoms with E-state index in [2.05, 4.69) is 17.4 Å². The number of rotatable bonds is 8. The zero-order valence-electron chi connectivity index (χ0n) is 16.1. The molecule has 0 radical (unpaired) electrons. The summed E-state index contributed by atoms with van der Waals surface area (Å²) >= 11 is 4.06. The van der Waals surface area contributed by atoms with Crippen LogP contribution in [0.1, 0.15) is 30.9 Å². The Morgan fingerprint density at radius 3 is 2.45 bits per heavy atom. The second-order valence-corrected chi connectivity index (χ2v) is 9.21. The number of anilines is 1. The Morgan fingerprint density at radius 1 is 1.21 bits per heavy atom. The summed E-state index contributed by atoms with van der Waals surface area (Å²) in [7, 11) is -4.16. The summed E-state index contributed by atoms with van der Waals surface area (Å²) in [5.41, 5.74) is 6.02. The van der Waals surface area contributed by atoms with E-state index in [1.807, 2.05) is 6.07 Å². The fourth-order valence-corrected chi connectivity index (χ4v) is 4.13. The molecular formula is C21H24N2O4S2. The van der Waals surface area contributed by atoms with Crippen LogP contribution >= 0.6 is 12.6 Å². The van der Waals surface area contributed by atoms with Gasteiger partial charge in [-0.15, -0.1) is 12.6 Å². The molecule has 0 amide bonds. The quantitative estimate of drug-likeness (QED) is 0.289. The minimum atomic E-state index is -4.16. The van der Waals surface area contributed by atoms with E-state index in [1.54, 1.807) is 61.5 Å². The van der Waals surface area contributed by atoms with Gasteiger partial charge in [0.2, 0.25) is 10.0 Å². The fourth-order valence-electron chi connectivity index (χ4n) is 2.72. The third kappa shape index (κ3) is 5.72. The first kappa shape index (κ1) is 22.7. The number of carbonyl (C=O) groups is 1. The summed E-state index contributed by atoms with van der Waals surface area (Å²) in [4.78, 5) is 12.0. The number of nitrogens with one attached hydrogen (secondary N) is 1. The predicted molar refractivity (Wildman–Crippen MR) is 120 cm³/mol. The molecule has 0 heterocycles. The van der Waals surface area contributed by atoms with Gasteiger partial charge in [0.1, 0.15) is 9.78 Å².